The fourth-order valence-electron chi connectivity index (χ4n) is 2.31. The van der Waals surface area contributed by atoms with Crippen molar-refractivity contribution < 1.29 is 0 Å². The van der Waals surface area contributed by atoms with Crippen LogP contribution in [0.2, 0.25) is 0 Å². The van der Waals surface area contributed by atoms with E-state index in [0.717, 1.165) is 38.4 Å². The van der Waals surface area contributed by atoms with Crippen LogP contribution in [0, 0.1) is 5.92 Å². The van der Waals surface area contributed by atoms with Crippen molar-refractivity contribution in [2.75, 3.05) is 24.5 Å². The Morgan fingerprint density at radius 1 is 1.42 bits per heavy atom. The van der Waals surface area contributed by atoms with Gasteiger partial charge in [0, 0.05) is 31.4 Å². The highest BCUT2D eigenvalue weighted by atomic mass is 15.2. The van der Waals surface area contributed by atoms with Crippen LogP contribution in [0.4, 0.5) is 5.82 Å². The van der Waals surface area contributed by atoms with Gasteiger partial charge < -0.3 is 10.2 Å². The molecule has 1 aliphatic heterocycles. The Kier molecular flexibility index (Phi) is 4.97. The van der Waals surface area contributed by atoms with Crippen molar-refractivity contribution in [2.45, 2.75) is 33.7 Å². The fourth-order valence-corrected chi connectivity index (χ4v) is 2.31. The fraction of sp³-hybridized carbons (Fsp3) is 0.562. The lowest BCUT2D eigenvalue weighted by Crippen LogP contribution is -2.31. The highest BCUT2D eigenvalue weighted by molar-refractivity contribution is 5.48. The molecule has 0 fully saturated rings. The lowest BCUT2D eigenvalue weighted by molar-refractivity contribution is 0.551. The summed E-state index contributed by atoms with van der Waals surface area (Å²) in [7, 11) is 0. The number of hydrogen-bond acceptors (Lipinski definition) is 3. The SMILES string of the molecule is CC1=CCN(c2ncccc2CNCC(C)C)CC1. The molecule has 1 aliphatic rings. The first-order valence-electron chi connectivity index (χ1n) is 7.22. The first kappa shape index (κ1) is 14.1. The van der Waals surface area contributed by atoms with Gasteiger partial charge in [-0.25, -0.2) is 4.98 Å². The van der Waals surface area contributed by atoms with Gasteiger partial charge in [-0.2, -0.15) is 0 Å². The van der Waals surface area contributed by atoms with E-state index in [4.69, 9.17) is 0 Å². The van der Waals surface area contributed by atoms with Gasteiger partial charge in [-0.05, 0) is 31.9 Å². The Balaban J connectivity index is 2.04. The van der Waals surface area contributed by atoms with E-state index in [2.05, 4.69) is 48.1 Å². The third-order valence-corrected chi connectivity index (χ3v) is 3.47. The first-order chi connectivity index (χ1) is 9.16. The number of anilines is 1. The van der Waals surface area contributed by atoms with Crippen LogP contribution in [0.15, 0.2) is 30.0 Å². The van der Waals surface area contributed by atoms with E-state index in [1.807, 2.05) is 12.3 Å². The highest BCUT2D eigenvalue weighted by Gasteiger charge is 2.14. The zero-order chi connectivity index (χ0) is 13.7. The first-order valence-corrected chi connectivity index (χ1v) is 7.22. The number of aromatic nitrogens is 1. The van der Waals surface area contributed by atoms with Crippen molar-refractivity contribution in [2.24, 2.45) is 5.92 Å². The predicted octanol–water partition coefficient (Wildman–Crippen LogP) is 2.98. The van der Waals surface area contributed by atoms with E-state index < -0.39 is 0 Å². The lowest BCUT2D eigenvalue weighted by Gasteiger charge is -2.28. The number of rotatable bonds is 5. The van der Waals surface area contributed by atoms with E-state index in [1.165, 1.54) is 11.1 Å². The topological polar surface area (TPSA) is 28.2 Å². The molecule has 1 N–H and O–H groups in total. The number of hydrogen-bond donors (Lipinski definition) is 1. The largest absolute Gasteiger partial charge is 0.352 e. The minimum absolute atomic E-state index is 0.681. The van der Waals surface area contributed by atoms with Gasteiger partial charge in [0.25, 0.3) is 0 Å². The second-order valence-electron chi connectivity index (χ2n) is 5.76. The van der Waals surface area contributed by atoms with Gasteiger partial charge in [-0.3, -0.25) is 0 Å². The molecule has 0 atom stereocenters. The van der Waals surface area contributed by atoms with Crippen LogP contribution in [-0.4, -0.2) is 24.6 Å². The third kappa shape index (κ3) is 4.06. The van der Waals surface area contributed by atoms with Crippen LogP contribution in [0.25, 0.3) is 0 Å². The summed E-state index contributed by atoms with van der Waals surface area (Å²) in [4.78, 5) is 6.96. The van der Waals surface area contributed by atoms with Crippen molar-refractivity contribution in [3.05, 3.63) is 35.5 Å². The van der Waals surface area contributed by atoms with Crippen LogP contribution in [0.5, 0.6) is 0 Å². The molecule has 2 heterocycles. The van der Waals surface area contributed by atoms with Crippen molar-refractivity contribution in [1.82, 2.24) is 10.3 Å². The van der Waals surface area contributed by atoms with Crippen molar-refractivity contribution in [3.8, 4) is 0 Å². The van der Waals surface area contributed by atoms with Crippen LogP contribution in [0.1, 0.15) is 32.8 Å². The molecule has 19 heavy (non-hydrogen) atoms. The molecular formula is C16H25N3. The molecule has 0 amide bonds. The van der Waals surface area contributed by atoms with E-state index in [9.17, 15) is 0 Å². The molecule has 1 aromatic rings. The average Bonchev–Trinajstić information content (AvgIpc) is 2.40. The Labute approximate surface area is 116 Å². The second kappa shape index (κ2) is 6.71. The minimum Gasteiger partial charge on any atom is -0.352 e. The summed E-state index contributed by atoms with van der Waals surface area (Å²) in [6.45, 7) is 10.7. The summed E-state index contributed by atoms with van der Waals surface area (Å²) >= 11 is 0. The number of nitrogens with zero attached hydrogens (tertiary/aromatic N) is 2. The Hall–Kier alpha value is -1.35. The standard InChI is InChI=1S/C16H25N3/c1-13(2)11-17-12-15-5-4-8-18-16(15)19-9-6-14(3)7-10-19/h4-6,8,13,17H,7,9-12H2,1-3H3. The monoisotopic (exact) mass is 259 g/mol. The van der Waals surface area contributed by atoms with Crippen LogP contribution in [0.3, 0.4) is 0 Å². The van der Waals surface area contributed by atoms with E-state index >= 15 is 0 Å². The van der Waals surface area contributed by atoms with Crippen LogP contribution >= 0.6 is 0 Å². The molecule has 0 bridgehead atoms. The Bertz CT molecular complexity index is 437. The molecule has 0 radical (unpaired) electrons. The molecule has 0 saturated heterocycles. The maximum absolute atomic E-state index is 4.58. The molecule has 0 saturated carbocycles. The Morgan fingerprint density at radius 2 is 2.26 bits per heavy atom. The van der Waals surface area contributed by atoms with Gasteiger partial charge in [-0.15, -0.1) is 0 Å². The van der Waals surface area contributed by atoms with Gasteiger partial charge in [0.15, 0.2) is 0 Å². The molecule has 0 aromatic carbocycles. The Morgan fingerprint density at radius 3 is 2.95 bits per heavy atom. The van der Waals surface area contributed by atoms with E-state index in [0.29, 0.717) is 5.92 Å². The normalized spacial score (nSPS) is 15.8. The second-order valence-corrected chi connectivity index (χ2v) is 5.76. The summed E-state index contributed by atoms with van der Waals surface area (Å²) < 4.78 is 0. The number of nitrogens with one attached hydrogen (secondary N) is 1. The number of pyridine rings is 1. The molecule has 3 heteroatoms. The van der Waals surface area contributed by atoms with E-state index in [-0.39, 0.29) is 0 Å². The summed E-state index contributed by atoms with van der Waals surface area (Å²) in [5.41, 5.74) is 2.79. The molecule has 2 rings (SSSR count). The molecular weight excluding hydrogens is 234 g/mol. The molecule has 0 unspecified atom stereocenters. The van der Waals surface area contributed by atoms with Crippen molar-refractivity contribution in [3.63, 3.8) is 0 Å². The van der Waals surface area contributed by atoms with Crippen molar-refractivity contribution >= 4 is 5.82 Å². The third-order valence-electron chi connectivity index (χ3n) is 3.47. The summed E-state index contributed by atoms with van der Waals surface area (Å²) in [6, 6.07) is 4.21. The smallest absolute Gasteiger partial charge is 0.133 e. The van der Waals surface area contributed by atoms with Gasteiger partial charge in [0.05, 0.1) is 0 Å². The molecule has 1 aromatic heterocycles. The minimum atomic E-state index is 0.681. The van der Waals surface area contributed by atoms with Gasteiger partial charge >= 0.3 is 0 Å². The highest BCUT2D eigenvalue weighted by Crippen LogP contribution is 2.21. The maximum atomic E-state index is 4.58. The molecule has 0 aliphatic carbocycles. The predicted molar refractivity (Wildman–Crippen MR) is 81.4 cm³/mol. The molecule has 3 nitrogen and oxygen atoms in total. The lowest BCUT2D eigenvalue weighted by atomic mass is 10.1. The average molecular weight is 259 g/mol. The van der Waals surface area contributed by atoms with Crippen LogP contribution < -0.4 is 10.2 Å². The molecule has 104 valence electrons. The van der Waals surface area contributed by atoms with Gasteiger partial charge in [-0.1, -0.05) is 31.6 Å². The quantitative estimate of drug-likeness (QED) is 0.824. The zero-order valence-electron chi connectivity index (χ0n) is 12.3. The summed E-state index contributed by atoms with van der Waals surface area (Å²) in [5.74, 6) is 1.82. The maximum Gasteiger partial charge on any atom is 0.133 e. The summed E-state index contributed by atoms with van der Waals surface area (Å²) in [5, 5.41) is 3.51. The van der Waals surface area contributed by atoms with Gasteiger partial charge in [0.1, 0.15) is 5.82 Å². The van der Waals surface area contributed by atoms with Crippen LogP contribution in [-0.2, 0) is 6.54 Å². The summed E-state index contributed by atoms with van der Waals surface area (Å²) in [6.07, 6.45) is 5.35. The zero-order valence-corrected chi connectivity index (χ0v) is 12.3. The van der Waals surface area contributed by atoms with E-state index in [1.54, 1.807) is 0 Å². The van der Waals surface area contributed by atoms with Gasteiger partial charge in [0.2, 0.25) is 0 Å². The molecule has 0 spiro atoms. The van der Waals surface area contributed by atoms with Crippen molar-refractivity contribution in [1.29, 1.82) is 0 Å².